The third-order valence-corrected chi connectivity index (χ3v) is 5.87. The molecule has 0 bridgehead atoms. The molecule has 2 fully saturated rings. The lowest BCUT2D eigenvalue weighted by atomic mass is 9.93. The summed E-state index contributed by atoms with van der Waals surface area (Å²) in [6.07, 6.45) is 7.87. The van der Waals surface area contributed by atoms with E-state index in [0.717, 1.165) is 37.8 Å². The Morgan fingerprint density at radius 3 is 2.56 bits per heavy atom. The molecule has 1 aromatic rings. The number of likely N-dealkylation sites (tertiary alicyclic amines) is 1. The van der Waals surface area contributed by atoms with Gasteiger partial charge in [-0.25, -0.2) is 0 Å². The van der Waals surface area contributed by atoms with Crippen LogP contribution in [0.3, 0.4) is 0 Å². The second-order valence-electron chi connectivity index (χ2n) is 8.12. The minimum absolute atomic E-state index is 0.00566. The average molecular weight is 372 g/mol. The lowest BCUT2D eigenvalue weighted by Crippen LogP contribution is -2.48. The van der Waals surface area contributed by atoms with E-state index in [-0.39, 0.29) is 23.8 Å². The molecule has 1 heterocycles. The molecular weight excluding hydrogens is 338 g/mol. The molecule has 0 radical (unpaired) electrons. The number of carbonyl (C=O) groups is 2. The van der Waals surface area contributed by atoms with E-state index in [1.165, 1.54) is 19.3 Å². The van der Waals surface area contributed by atoms with E-state index in [1.807, 2.05) is 37.3 Å². The van der Waals surface area contributed by atoms with Gasteiger partial charge in [0.2, 0.25) is 11.8 Å². The minimum atomic E-state index is -0.00566. The van der Waals surface area contributed by atoms with Gasteiger partial charge < -0.3 is 10.6 Å². The Labute approximate surface area is 162 Å². The molecule has 3 rings (SSSR count). The van der Waals surface area contributed by atoms with Crippen LogP contribution in [0.4, 0.5) is 0 Å². The van der Waals surface area contributed by atoms with Crippen LogP contribution in [-0.2, 0) is 9.59 Å². The molecule has 2 unspecified atom stereocenters. The molecule has 27 heavy (non-hydrogen) atoms. The van der Waals surface area contributed by atoms with Gasteiger partial charge in [-0.15, -0.1) is 0 Å². The van der Waals surface area contributed by atoms with Gasteiger partial charge in [0.05, 0.1) is 18.5 Å². The standard InChI is InChI=1S/C22H33N3O2/c1-17(18-9-4-2-5-10-18)23-21(26)16-25-14-8-11-19(15-25)22(27)24-20-12-6-3-7-13-20/h2,4-5,9-10,17,19-20H,3,6-8,11-16H2,1H3,(H,23,26)(H,24,27). The number of hydrogen-bond donors (Lipinski definition) is 2. The molecule has 1 saturated carbocycles. The van der Waals surface area contributed by atoms with E-state index in [0.29, 0.717) is 19.1 Å². The van der Waals surface area contributed by atoms with E-state index in [9.17, 15) is 9.59 Å². The Morgan fingerprint density at radius 1 is 1.07 bits per heavy atom. The number of nitrogens with zero attached hydrogens (tertiary/aromatic N) is 1. The molecule has 2 N–H and O–H groups in total. The van der Waals surface area contributed by atoms with Crippen molar-refractivity contribution in [1.29, 1.82) is 0 Å². The van der Waals surface area contributed by atoms with Crippen LogP contribution < -0.4 is 10.6 Å². The Balaban J connectivity index is 1.44. The summed E-state index contributed by atoms with van der Waals surface area (Å²) in [6, 6.07) is 10.3. The second kappa shape index (κ2) is 9.88. The Bertz CT molecular complexity index is 613. The molecule has 5 heteroatoms. The second-order valence-corrected chi connectivity index (χ2v) is 8.12. The first-order chi connectivity index (χ1) is 13.1. The van der Waals surface area contributed by atoms with Crippen molar-refractivity contribution in [1.82, 2.24) is 15.5 Å². The fraction of sp³-hybridized carbons (Fsp3) is 0.636. The van der Waals surface area contributed by atoms with E-state index >= 15 is 0 Å². The van der Waals surface area contributed by atoms with Crippen molar-refractivity contribution in [2.75, 3.05) is 19.6 Å². The van der Waals surface area contributed by atoms with Crippen LogP contribution in [0.2, 0.25) is 0 Å². The topological polar surface area (TPSA) is 61.4 Å². The zero-order valence-electron chi connectivity index (χ0n) is 16.5. The summed E-state index contributed by atoms with van der Waals surface area (Å²) >= 11 is 0. The van der Waals surface area contributed by atoms with Gasteiger partial charge >= 0.3 is 0 Å². The number of rotatable bonds is 6. The molecule has 148 valence electrons. The van der Waals surface area contributed by atoms with Crippen molar-refractivity contribution in [2.45, 2.75) is 64.0 Å². The number of nitrogens with one attached hydrogen (secondary N) is 2. The fourth-order valence-corrected chi connectivity index (χ4v) is 4.29. The normalized spacial score (nSPS) is 22.8. The molecule has 1 saturated heterocycles. The molecule has 5 nitrogen and oxygen atoms in total. The van der Waals surface area contributed by atoms with Crippen LogP contribution in [0.25, 0.3) is 0 Å². The lowest BCUT2D eigenvalue weighted by molar-refractivity contribution is -0.129. The van der Waals surface area contributed by atoms with E-state index in [2.05, 4.69) is 15.5 Å². The number of benzene rings is 1. The predicted octanol–water partition coefficient (Wildman–Crippen LogP) is 3.02. The molecule has 1 aromatic carbocycles. The summed E-state index contributed by atoms with van der Waals surface area (Å²) in [4.78, 5) is 27.2. The van der Waals surface area contributed by atoms with Crippen molar-refractivity contribution < 1.29 is 9.59 Å². The van der Waals surface area contributed by atoms with Gasteiger partial charge in [0.1, 0.15) is 0 Å². The minimum Gasteiger partial charge on any atom is -0.353 e. The average Bonchev–Trinajstić information content (AvgIpc) is 2.69. The smallest absolute Gasteiger partial charge is 0.234 e. The van der Waals surface area contributed by atoms with Gasteiger partial charge in [-0.2, -0.15) is 0 Å². The molecule has 2 atom stereocenters. The van der Waals surface area contributed by atoms with Gasteiger partial charge in [0.15, 0.2) is 0 Å². The van der Waals surface area contributed by atoms with Crippen molar-refractivity contribution in [3.05, 3.63) is 35.9 Å². The SMILES string of the molecule is CC(NC(=O)CN1CCCC(C(=O)NC2CCCCC2)C1)c1ccccc1. The summed E-state index contributed by atoms with van der Waals surface area (Å²) in [5, 5.41) is 6.32. The van der Waals surface area contributed by atoms with Gasteiger partial charge in [-0.3, -0.25) is 14.5 Å². The third-order valence-electron chi connectivity index (χ3n) is 5.87. The highest BCUT2D eigenvalue weighted by atomic mass is 16.2. The highest BCUT2D eigenvalue weighted by Gasteiger charge is 2.28. The molecule has 0 spiro atoms. The molecule has 2 amide bonds. The summed E-state index contributed by atoms with van der Waals surface area (Å²) in [5.41, 5.74) is 1.11. The number of hydrogen-bond acceptors (Lipinski definition) is 3. The molecule has 1 aliphatic carbocycles. The fourth-order valence-electron chi connectivity index (χ4n) is 4.29. The Kier molecular flexibility index (Phi) is 7.27. The van der Waals surface area contributed by atoms with Crippen LogP contribution in [0.5, 0.6) is 0 Å². The summed E-state index contributed by atoms with van der Waals surface area (Å²) in [7, 11) is 0. The van der Waals surface area contributed by atoms with Crippen LogP contribution >= 0.6 is 0 Å². The zero-order chi connectivity index (χ0) is 19.1. The highest BCUT2D eigenvalue weighted by molar-refractivity contribution is 5.80. The van der Waals surface area contributed by atoms with Gasteiger partial charge in [0, 0.05) is 12.6 Å². The van der Waals surface area contributed by atoms with Crippen molar-refractivity contribution in [2.24, 2.45) is 5.92 Å². The lowest BCUT2D eigenvalue weighted by Gasteiger charge is -2.33. The first-order valence-corrected chi connectivity index (χ1v) is 10.5. The maximum absolute atomic E-state index is 12.6. The van der Waals surface area contributed by atoms with Gasteiger partial charge in [0.25, 0.3) is 0 Å². The van der Waals surface area contributed by atoms with Crippen LogP contribution in [-0.4, -0.2) is 42.4 Å². The van der Waals surface area contributed by atoms with Gasteiger partial charge in [-0.1, -0.05) is 49.6 Å². The first kappa shape index (κ1) is 19.9. The predicted molar refractivity (Wildman–Crippen MR) is 107 cm³/mol. The van der Waals surface area contributed by atoms with Crippen LogP contribution in [0.15, 0.2) is 30.3 Å². The highest BCUT2D eigenvalue weighted by Crippen LogP contribution is 2.21. The monoisotopic (exact) mass is 371 g/mol. The maximum atomic E-state index is 12.6. The summed E-state index contributed by atoms with van der Waals surface area (Å²) in [6.45, 7) is 3.94. The van der Waals surface area contributed by atoms with E-state index in [4.69, 9.17) is 0 Å². The number of amides is 2. The summed E-state index contributed by atoms with van der Waals surface area (Å²) < 4.78 is 0. The molecular formula is C22H33N3O2. The zero-order valence-corrected chi connectivity index (χ0v) is 16.5. The molecule has 1 aliphatic heterocycles. The van der Waals surface area contributed by atoms with E-state index < -0.39 is 0 Å². The Hall–Kier alpha value is -1.88. The maximum Gasteiger partial charge on any atom is 0.234 e. The molecule has 0 aromatic heterocycles. The van der Waals surface area contributed by atoms with Crippen LogP contribution in [0, 0.1) is 5.92 Å². The van der Waals surface area contributed by atoms with Gasteiger partial charge in [-0.05, 0) is 44.7 Å². The number of carbonyl (C=O) groups excluding carboxylic acids is 2. The quantitative estimate of drug-likeness (QED) is 0.808. The largest absolute Gasteiger partial charge is 0.353 e. The van der Waals surface area contributed by atoms with Crippen molar-refractivity contribution in [3.63, 3.8) is 0 Å². The third kappa shape index (κ3) is 6.06. The van der Waals surface area contributed by atoms with Crippen molar-refractivity contribution in [3.8, 4) is 0 Å². The first-order valence-electron chi connectivity index (χ1n) is 10.5. The van der Waals surface area contributed by atoms with E-state index in [1.54, 1.807) is 0 Å². The number of piperidine rings is 1. The van der Waals surface area contributed by atoms with Crippen molar-refractivity contribution >= 4 is 11.8 Å². The summed E-state index contributed by atoms with van der Waals surface area (Å²) in [5.74, 6) is 0.226. The molecule has 2 aliphatic rings. The Morgan fingerprint density at radius 2 is 1.81 bits per heavy atom. The van der Waals surface area contributed by atoms with Crippen LogP contribution in [0.1, 0.15) is 63.5 Å².